The molecule has 0 radical (unpaired) electrons. The number of unbranched alkanes of at least 4 members (excludes halogenated alkanes) is 39. The maximum absolute atomic E-state index is 13.1. The van der Waals surface area contributed by atoms with Gasteiger partial charge in [-0.25, -0.2) is 9.13 Å². The van der Waals surface area contributed by atoms with E-state index in [9.17, 15) is 43.5 Å². The van der Waals surface area contributed by atoms with Gasteiger partial charge in [0, 0.05) is 19.3 Å². The largest absolute Gasteiger partial charge is 0.472 e. The van der Waals surface area contributed by atoms with Gasteiger partial charge >= 0.3 is 33.6 Å². The third-order valence-corrected chi connectivity index (χ3v) is 23.4. The van der Waals surface area contributed by atoms with Gasteiger partial charge in [-0.2, -0.15) is 0 Å². The zero-order valence-corrected chi connectivity index (χ0v) is 83.3. The summed E-state index contributed by atoms with van der Waals surface area (Å²) in [5.41, 5.74) is 0. The second-order valence-corrected chi connectivity index (χ2v) is 36.8. The molecule has 4 N–H and O–H groups in total. The van der Waals surface area contributed by atoms with Gasteiger partial charge in [0.15, 0.2) is 6.10 Å². The van der Waals surface area contributed by atoms with Gasteiger partial charge in [0.05, 0.1) is 26.4 Å². The van der Waals surface area contributed by atoms with Crippen molar-refractivity contribution in [1.29, 1.82) is 0 Å². The summed E-state index contributed by atoms with van der Waals surface area (Å²) in [6, 6.07) is 0. The number of ether oxygens (including phenoxy) is 3. The number of hydrogen-bond acceptors (Lipinski definition) is 14. The quantitative estimate of drug-likeness (QED) is 0.0146. The number of rotatable bonds is 96. The molecule has 5 unspecified atom stereocenters. The van der Waals surface area contributed by atoms with Crippen LogP contribution in [0.25, 0.3) is 0 Å². The van der Waals surface area contributed by atoms with E-state index in [1.54, 1.807) is 0 Å². The van der Waals surface area contributed by atoms with Crippen molar-refractivity contribution in [3.8, 4) is 0 Å². The zero-order valence-electron chi connectivity index (χ0n) is 81.5. The van der Waals surface area contributed by atoms with E-state index in [1.807, 2.05) is 0 Å². The minimum atomic E-state index is -4.95. The van der Waals surface area contributed by atoms with Crippen LogP contribution in [0.5, 0.6) is 0 Å². The number of phosphoric acid groups is 2. The summed E-state index contributed by atoms with van der Waals surface area (Å²) in [7, 11) is -9.83. The molecule has 0 saturated carbocycles. The molecule has 0 aromatic carbocycles. The molecule has 0 heterocycles. The molecular formula is C111H186O16P2. The van der Waals surface area contributed by atoms with Crippen LogP contribution in [-0.2, 0) is 55.8 Å². The average molecular weight is 1840 g/mol. The lowest BCUT2D eigenvalue weighted by atomic mass is 10.0. The van der Waals surface area contributed by atoms with Gasteiger partial charge in [0.25, 0.3) is 0 Å². The van der Waals surface area contributed by atoms with Crippen LogP contribution in [0.2, 0.25) is 0 Å². The first-order valence-corrected chi connectivity index (χ1v) is 54.4. The lowest BCUT2D eigenvalue weighted by molar-refractivity contribution is -0.161. The molecule has 0 amide bonds. The summed E-state index contributed by atoms with van der Waals surface area (Å²) in [4.78, 5) is 59.2. The number of esters is 3. The van der Waals surface area contributed by atoms with E-state index in [0.29, 0.717) is 19.3 Å². The summed E-state index contributed by atoms with van der Waals surface area (Å²) in [5.74, 6) is -1.57. The lowest BCUT2D eigenvalue weighted by Crippen LogP contribution is -2.30. The van der Waals surface area contributed by atoms with Crippen molar-refractivity contribution in [1.82, 2.24) is 0 Å². The molecule has 0 rings (SSSR count). The van der Waals surface area contributed by atoms with Crippen molar-refractivity contribution >= 4 is 33.6 Å². The fourth-order valence-electron chi connectivity index (χ4n) is 13.8. The molecule has 0 aromatic heterocycles. The Balaban J connectivity index is 4.63. The van der Waals surface area contributed by atoms with Crippen molar-refractivity contribution in [2.45, 2.75) is 437 Å². The third-order valence-electron chi connectivity index (χ3n) is 21.5. The van der Waals surface area contributed by atoms with E-state index in [4.69, 9.17) is 32.3 Å². The van der Waals surface area contributed by atoms with Crippen molar-refractivity contribution in [2.24, 2.45) is 0 Å². The molecule has 18 heteroatoms. The average Bonchev–Trinajstić information content (AvgIpc) is 0.894. The van der Waals surface area contributed by atoms with Gasteiger partial charge in [-0.05, 0) is 167 Å². The van der Waals surface area contributed by atoms with Crippen LogP contribution in [0.3, 0.4) is 0 Å². The van der Waals surface area contributed by atoms with Gasteiger partial charge in [0.1, 0.15) is 25.4 Å². The molecule has 0 spiro atoms. The maximum Gasteiger partial charge on any atom is 0.472 e. The first-order valence-electron chi connectivity index (χ1n) is 51.4. The van der Waals surface area contributed by atoms with Crippen LogP contribution in [-0.4, -0.2) is 95.9 Å². The Morgan fingerprint density at radius 3 is 0.612 bits per heavy atom. The SMILES string of the molecule is CC/C=C\C/C=C\C/C=C\C/C=C\C/C=C\C/C=C\CCCCCCCCCCCCCCCCC(=O)OCC(O)COP(=O)(O)OCC(O)COP(=O)(O)OCC(COC(=O)CCCCCCCCCCCCCCCC/C=C\C/C=C\C/C=C\C/C=C\C/C=C\C/C=C\CC)OC(=O)CCCCCCCCCCCCC/C=C\C/C=C\C/C=C\C/C=C\C/C=C\CC. The van der Waals surface area contributed by atoms with Gasteiger partial charge in [-0.1, -0.05) is 439 Å². The standard InChI is InChI=1S/C111H186O16P2/c1-4-7-10-13-16-19-22-25-28-31-34-37-40-43-46-48-50-52-54-56-59-61-64-67-70-73-76-79-82-85-88-91-94-97-109(114)121-100-106(112)101-123-128(117,118)124-102-107(113)103-125-129(119,120)126-105-108(127-111(116)99-96-93-90-87-84-81-78-75-72-69-66-63-58-45-42-39-36-33-30-27-24-21-18-15-12-9-6-3)104-122-110(115)98-95-92-89-86-83-80-77-74-71-68-65-62-60-57-55-53-51-49-47-44-41-38-35-32-29-26-23-20-17-14-11-8-5-2/h7-12,16-21,25-30,34-39,43-47,50-53,58,106-108,112-113H,4-6,13-15,22-24,31-33,40-42,48-49,54-57,59-105H2,1-3H3,(H,117,118)(H,119,120)/b10-7-,11-8-,12-9-,19-16-,20-17-,21-18-,28-25-,29-26-,30-27-,37-34-,38-35-,39-36-,46-43-,47-44-,52-50-,53-51-,58-45-. The van der Waals surface area contributed by atoms with E-state index < -0.39 is 91.5 Å². The monoisotopic (exact) mass is 1840 g/mol. The normalized spacial score (nSPS) is 14.5. The first kappa shape index (κ1) is 123. The molecule has 0 aliphatic carbocycles. The number of aliphatic hydroxyl groups excluding tert-OH is 2. The molecule has 0 aliphatic rings. The molecule has 0 aromatic rings. The minimum absolute atomic E-state index is 0.0955. The number of phosphoric ester groups is 2. The smallest absolute Gasteiger partial charge is 0.463 e. The number of carbonyl (C=O) groups excluding carboxylic acids is 3. The van der Waals surface area contributed by atoms with Crippen LogP contribution in [0.1, 0.15) is 419 Å². The molecule has 16 nitrogen and oxygen atoms in total. The first-order chi connectivity index (χ1) is 63.2. The van der Waals surface area contributed by atoms with Gasteiger partial charge < -0.3 is 34.2 Å². The van der Waals surface area contributed by atoms with Crippen molar-refractivity contribution in [3.05, 3.63) is 207 Å². The molecule has 0 bridgehead atoms. The summed E-state index contributed by atoms with van der Waals surface area (Å²) in [6.45, 7) is 2.40. The molecule has 5 atom stereocenters. The highest BCUT2D eigenvalue weighted by molar-refractivity contribution is 7.47. The summed E-state index contributed by atoms with van der Waals surface area (Å²) < 4.78 is 61.7. The highest BCUT2D eigenvalue weighted by Gasteiger charge is 2.30. The highest BCUT2D eigenvalue weighted by atomic mass is 31.2. The van der Waals surface area contributed by atoms with Gasteiger partial charge in [0.2, 0.25) is 0 Å². The molecule has 0 aliphatic heterocycles. The fourth-order valence-corrected chi connectivity index (χ4v) is 15.4. The van der Waals surface area contributed by atoms with Crippen molar-refractivity contribution in [2.75, 3.05) is 39.6 Å². The van der Waals surface area contributed by atoms with Crippen LogP contribution in [0.4, 0.5) is 0 Å². The third kappa shape index (κ3) is 102. The highest BCUT2D eigenvalue weighted by Crippen LogP contribution is 2.45. The fraction of sp³-hybridized carbons (Fsp3) is 0.667. The Bertz CT molecular complexity index is 3180. The van der Waals surface area contributed by atoms with Crippen molar-refractivity contribution < 1.29 is 75.8 Å². The predicted molar refractivity (Wildman–Crippen MR) is 546 cm³/mol. The zero-order chi connectivity index (χ0) is 93.5. The predicted octanol–water partition coefficient (Wildman–Crippen LogP) is 32.7. The Morgan fingerprint density at radius 2 is 0.388 bits per heavy atom. The van der Waals surface area contributed by atoms with Crippen LogP contribution in [0, 0.1) is 0 Å². The topological polar surface area (TPSA) is 231 Å². The molecular weight excluding hydrogens is 1650 g/mol. The Hall–Kier alpha value is -5.87. The summed E-state index contributed by atoms with van der Waals surface area (Å²) in [5, 5.41) is 20.8. The number of hydrogen-bond donors (Lipinski definition) is 4. The second-order valence-electron chi connectivity index (χ2n) is 33.8. The Labute approximate surface area is 788 Å². The maximum atomic E-state index is 13.1. The lowest BCUT2D eigenvalue weighted by Gasteiger charge is -2.21. The Morgan fingerprint density at radius 1 is 0.217 bits per heavy atom. The van der Waals surface area contributed by atoms with Crippen LogP contribution < -0.4 is 0 Å². The number of carbonyl (C=O) groups is 3. The van der Waals surface area contributed by atoms with Crippen LogP contribution >= 0.6 is 15.6 Å². The number of allylic oxidation sites excluding steroid dienone is 34. The van der Waals surface area contributed by atoms with Gasteiger partial charge in [-0.15, -0.1) is 0 Å². The molecule has 129 heavy (non-hydrogen) atoms. The summed E-state index contributed by atoms with van der Waals surface area (Å²) in [6.07, 6.45) is 137. The van der Waals surface area contributed by atoms with E-state index in [0.717, 1.165) is 199 Å². The van der Waals surface area contributed by atoms with Crippen molar-refractivity contribution in [3.63, 3.8) is 0 Å². The van der Waals surface area contributed by atoms with E-state index in [1.165, 1.54) is 161 Å². The molecule has 0 fully saturated rings. The Kier molecular flexibility index (Phi) is 96.5. The van der Waals surface area contributed by atoms with E-state index in [-0.39, 0.29) is 19.3 Å². The van der Waals surface area contributed by atoms with Gasteiger partial charge in [-0.3, -0.25) is 32.5 Å². The minimum Gasteiger partial charge on any atom is -0.463 e. The molecule has 736 valence electrons. The van der Waals surface area contributed by atoms with Crippen LogP contribution in [0.15, 0.2) is 207 Å². The van der Waals surface area contributed by atoms with E-state index >= 15 is 0 Å². The number of aliphatic hydroxyl groups is 2. The molecule has 0 saturated heterocycles. The second kappa shape index (κ2) is 101. The van der Waals surface area contributed by atoms with E-state index in [2.05, 4.69) is 227 Å². The summed E-state index contributed by atoms with van der Waals surface area (Å²) >= 11 is 0.